The van der Waals surface area contributed by atoms with Crippen LogP contribution < -0.4 is 0 Å². The third kappa shape index (κ3) is 4.79. The van der Waals surface area contributed by atoms with Crippen molar-refractivity contribution in [2.24, 2.45) is 0 Å². The van der Waals surface area contributed by atoms with E-state index in [1.807, 2.05) is 11.3 Å². The van der Waals surface area contributed by atoms with Crippen LogP contribution >= 0.6 is 11.3 Å². The van der Waals surface area contributed by atoms with E-state index in [-0.39, 0.29) is 0 Å². The largest absolute Gasteiger partial charge is 0.309 e. The monoisotopic (exact) mass is 844 g/mol. The molecule has 4 nitrogen and oxygen atoms in total. The lowest BCUT2D eigenvalue weighted by molar-refractivity contribution is 1.15. The molecule has 0 aliphatic carbocycles. The second-order valence-electron chi connectivity index (χ2n) is 17.3. The van der Waals surface area contributed by atoms with Gasteiger partial charge in [-0.05, 0) is 91.0 Å². The number of rotatable bonds is 4. The predicted octanol–water partition coefficient (Wildman–Crippen LogP) is 16.4. The van der Waals surface area contributed by atoms with Gasteiger partial charge in [0.1, 0.15) is 0 Å². The molecule has 0 saturated carbocycles. The Morgan fingerprint density at radius 1 is 0.231 bits per heavy atom. The molecule has 0 aliphatic heterocycles. The van der Waals surface area contributed by atoms with E-state index >= 15 is 0 Å². The van der Waals surface area contributed by atoms with Crippen molar-refractivity contribution in [2.45, 2.75) is 0 Å². The minimum atomic E-state index is 1.14. The zero-order valence-electron chi connectivity index (χ0n) is 35.0. The van der Waals surface area contributed by atoms with Gasteiger partial charge < -0.3 is 18.3 Å². The fourth-order valence-corrected chi connectivity index (χ4v) is 12.4. The highest BCUT2D eigenvalue weighted by molar-refractivity contribution is 7.26. The number of nitrogens with zero attached hydrogens (tertiary/aromatic N) is 4. The van der Waals surface area contributed by atoms with Crippen molar-refractivity contribution in [1.82, 2.24) is 18.3 Å². The summed E-state index contributed by atoms with van der Waals surface area (Å²) >= 11 is 1.88. The van der Waals surface area contributed by atoms with E-state index in [1.54, 1.807) is 0 Å². The van der Waals surface area contributed by atoms with Crippen LogP contribution in [-0.2, 0) is 0 Å². The van der Waals surface area contributed by atoms with Gasteiger partial charge >= 0.3 is 0 Å². The Hall–Kier alpha value is -8.38. The molecular weight excluding hydrogens is 809 g/mol. The summed E-state index contributed by atoms with van der Waals surface area (Å²) < 4.78 is 12.4. The topological polar surface area (TPSA) is 19.7 Å². The molecule has 5 heterocycles. The molecule has 0 unspecified atom stereocenters. The van der Waals surface area contributed by atoms with E-state index in [4.69, 9.17) is 0 Å². The third-order valence-electron chi connectivity index (χ3n) is 13.9. The normalized spacial score (nSPS) is 12.3. The lowest BCUT2D eigenvalue weighted by Crippen LogP contribution is -2.00. The summed E-state index contributed by atoms with van der Waals surface area (Å²) in [7, 11) is 0. The van der Waals surface area contributed by atoms with Gasteiger partial charge in [0.2, 0.25) is 0 Å². The Kier molecular flexibility index (Phi) is 7.07. The second kappa shape index (κ2) is 13.1. The minimum Gasteiger partial charge on any atom is -0.309 e. The van der Waals surface area contributed by atoms with Gasteiger partial charge in [-0.3, -0.25) is 0 Å². The molecule has 5 heteroatoms. The highest BCUT2D eigenvalue weighted by atomic mass is 32.1. The Balaban J connectivity index is 0.970. The van der Waals surface area contributed by atoms with Crippen LogP contribution in [0.5, 0.6) is 0 Å². The molecule has 0 atom stereocenters. The summed E-state index contributed by atoms with van der Waals surface area (Å²) in [5, 5.41) is 12.6. The van der Waals surface area contributed by atoms with Crippen molar-refractivity contribution in [3.05, 3.63) is 218 Å². The number of hydrogen-bond acceptors (Lipinski definition) is 1. The van der Waals surface area contributed by atoms with Gasteiger partial charge in [-0.1, -0.05) is 127 Å². The highest BCUT2D eigenvalue weighted by Crippen LogP contribution is 2.45. The first-order valence-corrected chi connectivity index (χ1v) is 23.1. The van der Waals surface area contributed by atoms with Crippen molar-refractivity contribution in [2.75, 3.05) is 0 Å². The first-order valence-electron chi connectivity index (χ1n) is 22.3. The fourth-order valence-electron chi connectivity index (χ4n) is 11.3. The van der Waals surface area contributed by atoms with Crippen LogP contribution in [0.2, 0.25) is 0 Å². The molecule has 0 bridgehead atoms. The zero-order valence-corrected chi connectivity index (χ0v) is 35.8. The maximum absolute atomic E-state index is 2.50. The molecule has 65 heavy (non-hydrogen) atoms. The maximum Gasteiger partial charge on any atom is 0.0576 e. The number of aromatic nitrogens is 4. The van der Waals surface area contributed by atoms with E-state index < -0.39 is 0 Å². The van der Waals surface area contributed by atoms with E-state index in [1.165, 1.54) is 113 Å². The lowest BCUT2D eigenvalue weighted by Gasteiger charge is -2.15. The van der Waals surface area contributed by atoms with Gasteiger partial charge in [-0.15, -0.1) is 11.3 Å². The Bertz CT molecular complexity index is 4380. The number of fused-ring (bicyclic) bond motifs is 15. The van der Waals surface area contributed by atoms with Crippen LogP contribution in [0.15, 0.2) is 218 Å². The van der Waals surface area contributed by atoms with E-state index in [0.29, 0.717) is 0 Å². The molecule has 15 aromatic rings. The summed E-state index contributed by atoms with van der Waals surface area (Å²) in [6, 6.07) is 80.7. The van der Waals surface area contributed by atoms with Crippen LogP contribution in [0.4, 0.5) is 0 Å². The van der Waals surface area contributed by atoms with Crippen LogP contribution in [0.1, 0.15) is 0 Å². The molecule has 10 aromatic carbocycles. The van der Waals surface area contributed by atoms with Gasteiger partial charge in [0.15, 0.2) is 0 Å². The van der Waals surface area contributed by atoms with Gasteiger partial charge in [0.05, 0.1) is 49.8 Å². The first kappa shape index (κ1) is 35.1. The van der Waals surface area contributed by atoms with E-state index in [9.17, 15) is 0 Å². The van der Waals surface area contributed by atoms with E-state index in [0.717, 1.165) is 17.1 Å². The fraction of sp³-hybridized carbons (Fsp3) is 0. The van der Waals surface area contributed by atoms with E-state index in [2.05, 4.69) is 237 Å². The Labute approximate surface area is 376 Å². The molecule has 0 radical (unpaired) electrons. The molecule has 0 spiro atoms. The van der Waals surface area contributed by atoms with Crippen LogP contribution in [0.25, 0.3) is 130 Å². The number of para-hydroxylation sites is 6. The van der Waals surface area contributed by atoms with Crippen LogP contribution in [-0.4, -0.2) is 18.3 Å². The SMILES string of the molecule is c1ccc2c(c1)sc1cc(-n3c4ccccc4c4cc(-n5c6ccccc6c6cc(-n7c8ccccc8c8ccccc87)ccc65)ccc43)cc(-n3c4ccccc4c4ccccc43)c12. The van der Waals surface area contributed by atoms with Crippen LogP contribution in [0, 0.1) is 0 Å². The lowest BCUT2D eigenvalue weighted by atomic mass is 10.1. The summed E-state index contributed by atoms with van der Waals surface area (Å²) in [5.41, 5.74) is 14.2. The Morgan fingerprint density at radius 2 is 0.569 bits per heavy atom. The van der Waals surface area contributed by atoms with Crippen molar-refractivity contribution < 1.29 is 0 Å². The number of hydrogen-bond donors (Lipinski definition) is 0. The van der Waals surface area contributed by atoms with Crippen molar-refractivity contribution in [3.8, 4) is 22.7 Å². The van der Waals surface area contributed by atoms with Gasteiger partial charge in [-0.2, -0.15) is 0 Å². The molecule has 0 aliphatic rings. The van der Waals surface area contributed by atoms with Gasteiger partial charge in [-0.25, -0.2) is 0 Å². The quantitative estimate of drug-likeness (QED) is 0.168. The molecule has 302 valence electrons. The maximum atomic E-state index is 2.50. The molecular formula is C60H36N4S. The number of benzene rings is 10. The smallest absolute Gasteiger partial charge is 0.0576 e. The zero-order chi connectivity index (χ0) is 42.3. The average Bonchev–Trinajstić information content (AvgIpc) is 4.16. The summed E-state index contributed by atoms with van der Waals surface area (Å²) in [4.78, 5) is 0. The molecule has 0 N–H and O–H groups in total. The molecule has 5 aromatic heterocycles. The van der Waals surface area contributed by atoms with Gasteiger partial charge in [0, 0.05) is 80.3 Å². The average molecular weight is 845 g/mol. The van der Waals surface area contributed by atoms with Crippen LogP contribution in [0.3, 0.4) is 0 Å². The molecule has 0 amide bonds. The predicted molar refractivity (Wildman–Crippen MR) is 277 cm³/mol. The highest BCUT2D eigenvalue weighted by Gasteiger charge is 2.22. The standard InChI is InChI=1S/C60H36N4S/c1-8-22-49-40(15-1)41-16-2-9-23-50(41)61(49)37-29-31-55-47(33-37)44-19-5-10-24-51(44)62(55)38-30-32-56-48(34-38)45-20-6-11-25-52(45)63(56)39-35-57(60-46-21-7-14-28-58(46)65-59(60)36-39)64-53-26-12-3-17-42(53)43-18-4-13-27-54(43)64/h1-36H. The second-order valence-corrected chi connectivity index (χ2v) is 18.4. The van der Waals surface area contributed by atoms with Crippen molar-refractivity contribution in [3.63, 3.8) is 0 Å². The third-order valence-corrected chi connectivity index (χ3v) is 15.0. The summed E-state index contributed by atoms with van der Waals surface area (Å²) in [5.74, 6) is 0. The minimum absolute atomic E-state index is 1.14. The Morgan fingerprint density at radius 3 is 1.02 bits per heavy atom. The summed E-state index contributed by atoms with van der Waals surface area (Å²) in [6.07, 6.45) is 0. The molecule has 15 rings (SSSR count). The molecule has 0 saturated heterocycles. The summed E-state index contributed by atoms with van der Waals surface area (Å²) in [6.45, 7) is 0. The van der Waals surface area contributed by atoms with Gasteiger partial charge in [0.25, 0.3) is 0 Å². The van der Waals surface area contributed by atoms with Crippen molar-refractivity contribution in [1.29, 1.82) is 0 Å². The molecule has 0 fully saturated rings. The number of thiophene rings is 1. The first-order chi connectivity index (χ1) is 32.3. The van der Waals surface area contributed by atoms with Crippen molar-refractivity contribution >= 4 is 119 Å².